The number of hydrogen-bond acceptors (Lipinski definition) is 3. The third-order valence-corrected chi connectivity index (χ3v) is 3.53. The lowest BCUT2D eigenvalue weighted by atomic mass is 9.83. The first-order chi connectivity index (χ1) is 9.24. The molecule has 1 aliphatic carbocycles. The monoisotopic (exact) mass is 257 g/mol. The lowest BCUT2D eigenvalue weighted by Crippen LogP contribution is -2.50. The van der Waals surface area contributed by atoms with Crippen molar-refractivity contribution < 1.29 is 4.79 Å². The van der Waals surface area contributed by atoms with E-state index in [0.717, 1.165) is 37.8 Å². The summed E-state index contributed by atoms with van der Waals surface area (Å²) in [6, 6.07) is 11.9. The molecule has 1 fully saturated rings. The van der Waals surface area contributed by atoms with Crippen LogP contribution in [0.1, 0.15) is 32.1 Å². The minimum atomic E-state index is -0.645. The molecular formula is C15H19N3O. The van der Waals surface area contributed by atoms with Crippen LogP contribution in [0.15, 0.2) is 30.3 Å². The number of nitrogens with zero attached hydrogens (tertiary/aromatic N) is 1. The van der Waals surface area contributed by atoms with Crippen molar-refractivity contribution in [3.05, 3.63) is 30.3 Å². The second kappa shape index (κ2) is 6.24. The summed E-state index contributed by atoms with van der Waals surface area (Å²) in [7, 11) is 0. The zero-order valence-electron chi connectivity index (χ0n) is 11.0. The van der Waals surface area contributed by atoms with Gasteiger partial charge in [0.2, 0.25) is 5.91 Å². The average Bonchev–Trinajstić information content (AvgIpc) is 2.47. The Hall–Kier alpha value is -2.02. The zero-order chi connectivity index (χ0) is 13.6. The van der Waals surface area contributed by atoms with Crippen molar-refractivity contribution in [1.29, 1.82) is 5.26 Å². The van der Waals surface area contributed by atoms with Crippen molar-refractivity contribution in [3.8, 4) is 6.07 Å². The average molecular weight is 257 g/mol. The molecule has 0 atom stereocenters. The normalized spacial score (nSPS) is 17.2. The largest absolute Gasteiger partial charge is 0.376 e. The first-order valence-electron chi connectivity index (χ1n) is 6.75. The molecule has 0 saturated heterocycles. The second-order valence-corrected chi connectivity index (χ2v) is 5.02. The van der Waals surface area contributed by atoms with E-state index >= 15 is 0 Å². The summed E-state index contributed by atoms with van der Waals surface area (Å²) in [4.78, 5) is 11.9. The number of anilines is 1. The van der Waals surface area contributed by atoms with Crippen molar-refractivity contribution in [1.82, 2.24) is 5.32 Å². The number of nitrogens with one attached hydrogen (secondary N) is 2. The van der Waals surface area contributed by atoms with Crippen molar-refractivity contribution in [2.45, 2.75) is 37.6 Å². The van der Waals surface area contributed by atoms with Crippen molar-refractivity contribution >= 4 is 11.6 Å². The SMILES string of the molecule is N#CC1(NC(=O)CNc2ccccc2)CCCCC1. The van der Waals surface area contributed by atoms with Crippen LogP contribution in [0.25, 0.3) is 0 Å². The molecule has 1 saturated carbocycles. The summed E-state index contributed by atoms with van der Waals surface area (Å²) in [5, 5.41) is 15.2. The van der Waals surface area contributed by atoms with Gasteiger partial charge in [-0.1, -0.05) is 37.5 Å². The van der Waals surface area contributed by atoms with Crippen LogP contribution in [0.4, 0.5) is 5.69 Å². The summed E-state index contributed by atoms with van der Waals surface area (Å²) < 4.78 is 0. The molecule has 19 heavy (non-hydrogen) atoms. The molecule has 0 radical (unpaired) electrons. The number of nitriles is 1. The van der Waals surface area contributed by atoms with Crippen LogP contribution in [0.5, 0.6) is 0 Å². The number of amides is 1. The van der Waals surface area contributed by atoms with Crippen LogP contribution in [0, 0.1) is 11.3 Å². The molecule has 0 aromatic heterocycles. The van der Waals surface area contributed by atoms with E-state index in [2.05, 4.69) is 16.7 Å². The van der Waals surface area contributed by atoms with Gasteiger partial charge in [0, 0.05) is 5.69 Å². The number of hydrogen-bond donors (Lipinski definition) is 2. The van der Waals surface area contributed by atoms with E-state index in [4.69, 9.17) is 0 Å². The molecule has 0 bridgehead atoms. The summed E-state index contributed by atoms with van der Waals surface area (Å²) >= 11 is 0. The molecule has 1 amide bonds. The second-order valence-electron chi connectivity index (χ2n) is 5.02. The van der Waals surface area contributed by atoms with Gasteiger partial charge in [-0.3, -0.25) is 4.79 Å². The molecule has 4 nitrogen and oxygen atoms in total. The number of benzene rings is 1. The summed E-state index contributed by atoms with van der Waals surface area (Å²) in [5.41, 5.74) is 0.264. The first kappa shape index (κ1) is 13.4. The first-order valence-corrected chi connectivity index (χ1v) is 6.75. The lowest BCUT2D eigenvalue weighted by Gasteiger charge is -2.31. The van der Waals surface area contributed by atoms with Gasteiger partial charge in [0.25, 0.3) is 0 Å². The number of carbonyl (C=O) groups is 1. The van der Waals surface area contributed by atoms with Gasteiger partial charge in [-0.15, -0.1) is 0 Å². The summed E-state index contributed by atoms with van der Waals surface area (Å²) in [6.45, 7) is 0.202. The molecule has 1 aromatic carbocycles. The zero-order valence-corrected chi connectivity index (χ0v) is 11.0. The van der Waals surface area contributed by atoms with E-state index < -0.39 is 5.54 Å². The Morgan fingerprint density at radius 1 is 1.21 bits per heavy atom. The van der Waals surface area contributed by atoms with Crippen LogP contribution < -0.4 is 10.6 Å². The topological polar surface area (TPSA) is 64.9 Å². The Kier molecular flexibility index (Phi) is 4.40. The fourth-order valence-electron chi connectivity index (χ4n) is 2.47. The van der Waals surface area contributed by atoms with E-state index in [1.54, 1.807) is 0 Å². The quantitative estimate of drug-likeness (QED) is 0.870. The molecule has 2 N–H and O–H groups in total. The highest BCUT2D eigenvalue weighted by Gasteiger charge is 2.33. The Morgan fingerprint density at radius 3 is 2.53 bits per heavy atom. The molecule has 1 aliphatic rings. The van der Waals surface area contributed by atoms with E-state index in [0.29, 0.717) is 0 Å². The standard InChI is InChI=1S/C15H19N3O/c16-12-15(9-5-2-6-10-15)18-14(19)11-17-13-7-3-1-4-8-13/h1,3-4,7-8,17H,2,5-6,9-11H2,(H,18,19). The minimum absolute atomic E-state index is 0.118. The fourth-order valence-corrected chi connectivity index (χ4v) is 2.47. The molecule has 0 aliphatic heterocycles. The van der Waals surface area contributed by atoms with E-state index in [-0.39, 0.29) is 12.5 Å². The maximum Gasteiger partial charge on any atom is 0.240 e. The van der Waals surface area contributed by atoms with Gasteiger partial charge in [-0.2, -0.15) is 5.26 Å². The fraction of sp³-hybridized carbons (Fsp3) is 0.467. The third-order valence-electron chi connectivity index (χ3n) is 3.53. The van der Waals surface area contributed by atoms with Crippen molar-refractivity contribution in [2.75, 3.05) is 11.9 Å². The van der Waals surface area contributed by atoms with Gasteiger partial charge in [0.1, 0.15) is 5.54 Å². The van der Waals surface area contributed by atoms with E-state index in [1.807, 2.05) is 30.3 Å². The molecular weight excluding hydrogens is 238 g/mol. The van der Waals surface area contributed by atoms with Gasteiger partial charge < -0.3 is 10.6 Å². The highest BCUT2D eigenvalue weighted by Crippen LogP contribution is 2.27. The van der Waals surface area contributed by atoms with Gasteiger partial charge in [-0.25, -0.2) is 0 Å². The Balaban J connectivity index is 1.85. The Morgan fingerprint density at radius 2 is 1.89 bits per heavy atom. The predicted octanol–water partition coefficient (Wildman–Crippen LogP) is 2.44. The van der Waals surface area contributed by atoms with Gasteiger partial charge >= 0.3 is 0 Å². The number of rotatable bonds is 4. The number of carbonyl (C=O) groups excluding carboxylic acids is 1. The van der Waals surface area contributed by atoms with Crippen molar-refractivity contribution in [3.63, 3.8) is 0 Å². The molecule has 2 rings (SSSR count). The molecule has 0 heterocycles. The van der Waals surface area contributed by atoms with E-state index in [9.17, 15) is 10.1 Å². The smallest absolute Gasteiger partial charge is 0.240 e. The van der Waals surface area contributed by atoms with Gasteiger partial charge in [0.05, 0.1) is 12.6 Å². The van der Waals surface area contributed by atoms with Crippen LogP contribution in [0.3, 0.4) is 0 Å². The van der Waals surface area contributed by atoms with Crippen LogP contribution in [-0.2, 0) is 4.79 Å². The minimum Gasteiger partial charge on any atom is -0.376 e. The molecule has 100 valence electrons. The third kappa shape index (κ3) is 3.72. The molecule has 1 aromatic rings. The van der Waals surface area contributed by atoms with Gasteiger partial charge in [0.15, 0.2) is 0 Å². The van der Waals surface area contributed by atoms with Crippen LogP contribution in [-0.4, -0.2) is 18.0 Å². The highest BCUT2D eigenvalue weighted by atomic mass is 16.2. The van der Waals surface area contributed by atoms with E-state index in [1.165, 1.54) is 0 Å². The summed E-state index contributed by atoms with van der Waals surface area (Å²) in [6.07, 6.45) is 4.71. The van der Waals surface area contributed by atoms with Crippen molar-refractivity contribution in [2.24, 2.45) is 0 Å². The van der Waals surface area contributed by atoms with Gasteiger partial charge in [-0.05, 0) is 25.0 Å². The highest BCUT2D eigenvalue weighted by molar-refractivity contribution is 5.81. The Bertz CT molecular complexity index is 458. The summed E-state index contributed by atoms with van der Waals surface area (Å²) in [5.74, 6) is -0.118. The maximum absolute atomic E-state index is 11.9. The lowest BCUT2D eigenvalue weighted by molar-refractivity contribution is -0.121. The molecule has 0 spiro atoms. The number of para-hydroxylation sites is 1. The van der Waals surface area contributed by atoms with Crippen LogP contribution in [0.2, 0.25) is 0 Å². The maximum atomic E-state index is 11.9. The predicted molar refractivity (Wildman–Crippen MR) is 74.5 cm³/mol. The molecule has 0 unspecified atom stereocenters. The molecule has 4 heteroatoms. The Labute approximate surface area is 113 Å². The van der Waals surface area contributed by atoms with Crippen LogP contribution >= 0.6 is 0 Å².